The fourth-order valence-corrected chi connectivity index (χ4v) is 3.04. The van der Waals surface area contributed by atoms with E-state index in [1.165, 1.54) is 24.5 Å². The number of rotatable bonds is 3. The number of hydrogen-bond donors (Lipinski definition) is 2. The second-order valence-corrected chi connectivity index (χ2v) is 6.90. The fraction of sp³-hybridized carbons (Fsp3) is 0.500. The van der Waals surface area contributed by atoms with Crippen LogP contribution in [0.1, 0.15) is 0 Å². The van der Waals surface area contributed by atoms with Crippen LogP contribution in [0.5, 0.6) is 0 Å². The van der Waals surface area contributed by atoms with E-state index in [1.807, 2.05) is 0 Å². The minimum atomic E-state index is -3.42. The van der Waals surface area contributed by atoms with Crippen molar-refractivity contribution >= 4 is 21.4 Å². The summed E-state index contributed by atoms with van der Waals surface area (Å²) in [6.45, 7) is 3.59. The molecule has 0 aromatic heterocycles. The maximum absolute atomic E-state index is 12.0. The lowest BCUT2D eigenvalue weighted by atomic mass is 10.2. The molecule has 0 atom stereocenters. The Morgan fingerprint density at radius 2 is 1.89 bits per heavy atom. The fourth-order valence-electron chi connectivity index (χ4n) is 2.10. The zero-order valence-electron chi connectivity index (χ0n) is 11.3. The largest absolute Gasteiger partial charge is 0.397 e. The van der Waals surface area contributed by atoms with Gasteiger partial charge in [-0.25, -0.2) is 12.7 Å². The lowest BCUT2D eigenvalue weighted by molar-refractivity contribution is 0.521. The van der Waals surface area contributed by atoms with Gasteiger partial charge in [-0.05, 0) is 18.2 Å². The zero-order chi connectivity index (χ0) is 14.0. The molecule has 0 aliphatic carbocycles. The Balaban J connectivity index is 2.32. The predicted molar refractivity (Wildman–Crippen MR) is 76.8 cm³/mol. The van der Waals surface area contributed by atoms with Gasteiger partial charge in [-0.3, -0.25) is 0 Å². The molecule has 1 heterocycles. The molecule has 0 spiro atoms. The van der Waals surface area contributed by atoms with Crippen LogP contribution in [0.2, 0.25) is 0 Å². The van der Waals surface area contributed by atoms with Crippen molar-refractivity contribution in [3.63, 3.8) is 0 Å². The predicted octanol–water partition coefficient (Wildman–Crippen LogP) is -0.0713. The van der Waals surface area contributed by atoms with Gasteiger partial charge in [0.1, 0.15) is 0 Å². The summed E-state index contributed by atoms with van der Waals surface area (Å²) < 4.78 is 25.2. The van der Waals surface area contributed by atoms with Gasteiger partial charge in [0.05, 0.1) is 16.3 Å². The van der Waals surface area contributed by atoms with Gasteiger partial charge in [-0.15, -0.1) is 0 Å². The number of hydrogen-bond acceptors (Lipinski definition) is 5. The number of anilines is 2. The highest BCUT2D eigenvalue weighted by Crippen LogP contribution is 2.27. The van der Waals surface area contributed by atoms with Crippen LogP contribution in [0.15, 0.2) is 23.1 Å². The highest BCUT2D eigenvalue weighted by molar-refractivity contribution is 7.89. The summed E-state index contributed by atoms with van der Waals surface area (Å²) in [6.07, 6.45) is 0. The average molecular weight is 284 g/mol. The molecule has 1 aliphatic rings. The molecule has 106 valence electrons. The van der Waals surface area contributed by atoms with Crippen molar-refractivity contribution in [2.45, 2.75) is 4.90 Å². The smallest absolute Gasteiger partial charge is 0.242 e. The summed E-state index contributed by atoms with van der Waals surface area (Å²) >= 11 is 0. The molecule has 1 fully saturated rings. The summed E-state index contributed by atoms with van der Waals surface area (Å²) in [7, 11) is -0.405. The van der Waals surface area contributed by atoms with Crippen LogP contribution in [0.4, 0.5) is 11.4 Å². The second-order valence-electron chi connectivity index (χ2n) is 4.75. The van der Waals surface area contributed by atoms with Crippen LogP contribution in [0, 0.1) is 0 Å². The van der Waals surface area contributed by atoms with E-state index in [0.717, 1.165) is 31.9 Å². The van der Waals surface area contributed by atoms with Crippen LogP contribution in [0.25, 0.3) is 0 Å². The normalized spacial score (nSPS) is 16.9. The molecule has 1 aromatic rings. The molecule has 19 heavy (non-hydrogen) atoms. The minimum absolute atomic E-state index is 0.230. The standard InChI is InChI=1S/C12H20N4O2S/c1-15(2)19(17,18)10-3-4-12(11(13)9-10)16-7-5-14-6-8-16/h3-4,9,14H,5-8,13H2,1-2H3. The van der Waals surface area contributed by atoms with Crippen molar-refractivity contribution in [2.24, 2.45) is 0 Å². The summed E-state index contributed by atoms with van der Waals surface area (Å²) in [6, 6.07) is 4.94. The molecule has 1 aromatic carbocycles. The van der Waals surface area contributed by atoms with Crippen molar-refractivity contribution in [1.29, 1.82) is 0 Å². The maximum atomic E-state index is 12.0. The van der Waals surface area contributed by atoms with Gasteiger partial charge < -0.3 is 16.0 Å². The third-order valence-corrected chi connectivity index (χ3v) is 5.05. The lowest BCUT2D eigenvalue weighted by Crippen LogP contribution is -2.43. The van der Waals surface area contributed by atoms with Crippen molar-refractivity contribution in [1.82, 2.24) is 9.62 Å². The third kappa shape index (κ3) is 2.83. The molecule has 0 radical (unpaired) electrons. The van der Waals surface area contributed by atoms with Gasteiger partial charge in [0.2, 0.25) is 10.0 Å². The Bertz CT molecular complexity index is 551. The first-order chi connectivity index (χ1) is 8.93. The molecule has 0 amide bonds. The molecule has 0 bridgehead atoms. The molecular weight excluding hydrogens is 264 g/mol. The van der Waals surface area contributed by atoms with E-state index in [-0.39, 0.29) is 4.90 Å². The van der Waals surface area contributed by atoms with E-state index < -0.39 is 10.0 Å². The number of nitrogens with two attached hydrogens (primary N) is 1. The highest BCUT2D eigenvalue weighted by atomic mass is 32.2. The number of piperazine rings is 1. The lowest BCUT2D eigenvalue weighted by Gasteiger charge is -2.30. The molecule has 6 nitrogen and oxygen atoms in total. The Hall–Kier alpha value is -1.31. The van der Waals surface area contributed by atoms with Gasteiger partial charge >= 0.3 is 0 Å². The molecule has 1 saturated heterocycles. The monoisotopic (exact) mass is 284 g/mol. The number of benzene rings is 1. The summed E-state index contributed by atoms with van der Waals surface area (Å²) in [5.74, 6) is 0. The number of sulfonamides is 1. The Kier molecular flexibility index (Phi) is 3.98. The first kappa shape index (κ1) is 14.1. The van der Waals surface area contributed by atoms with Gasteiger partial charge in [-0.1, -0.05) is 0 Å². The summed E-state index contributed by atoms with van der Waals surface area (Å²) in [5, 5.41) is 3.27. The van der Waals surface area contributed by atoms with Crippen LogP contribution in [-0.2, 0) is 10.0 Å². The zero-order valence-corrected chi connectivity index (χ0v) is 12.1. The second kappa shape index (κ2) is 5.36. The van der Waals surface area contributed by atoms with E-state index in [9.17, 15) is 8.42 Å². The number of nitrogens with zero attached hydrogens (tertiary/aromatic N) is 2. The van der Waals surface area contributed by atoms with Crippen LogP contribution < -0.4 is 16.0 Å². The first-order valence-electron chi connectivity index (χ1n) is 6.20. The van der Waals surface area contributed by atoms with E-state index in [2.05, 4.69) is 10.2 Å². The third-order valence-electron chi connectivity index (χ3n) is 3.24. The van der Waals surface area contributed by atoms with Crippen molar-refractivity contribution in [2.75, 3.05) is 50.9 Å². The van der Waals surface area contributed by atoms with E-state index in [4.69, 9.17) is 5.73 Å². The Morgan fingerprint density at radius 3 is 2.42 bits per heavy atom. The van der Waals surface area contributed by atoms with Gasteiger partial charge in [0.25, 0.3) is 0 Å². The minimum Gasteiger partial charge on any atom is -0.397 e. The van der Waals surface area contributed by atoms with Crippen LogP contribution in [-0.4, -0.2) is 53.0 Å². The Morgan fingerprint density at radius 1 is 1.26 bits per heavy atom. The molecule has 3 N–H and O–H groups in total. The van der Waals surface area contributed by atoms with E-state index >= 15 is 0 Å². The highest BCUT2D eigenvalue weighted by Gasteiger charge is 2.20. The van der Waals surface area contributed by atoms with Gasteiger partial charge in [0, 0.05) is 40.3 Å². The van der Waals surface area contributed by atoms with E-state index in [1.54, 1.807) is 12.1 Å². The number of nitrogen functional groups attached to an aromatic ring is 1. The van der Waals surface area contributed by atoms with Gasteiger partial charge in [-0.2, -0.15) is 0 Å². The van der Waals surface area contributed by atoms with Gasteiger partial charge in [0.15, 0.2) is 0 Å². The van der Waals surface area contributed by atoms with Crippen molar-refractivity contribution < 1.29 is 8.42 Å². The van der Waals surface area contributed by atoms with Crippen molar-refractivity contribution in [3.05, 3.63) is 18.2 Å². The van der Waals surface area contributed by atoms with Crippen LogP contribution >= 0.6 is 0 Å². The molecule has 0 unspecified atom stereocenters. The Labute approximate surface area is 114 Å². The maximum Gasteiger partial charge on any atom is 0.242 e. The molecular formula is C12H20N4O2S. The van der Waals surface area contributed by atoms with E-state index in [0.29, 0.717) is 5.69 Å². The molecule has 0 saturated carbocycles. The molecule has 7 heteroatoms. The quantitative estimate of drug-likeness (QED) is 0.760. The molecule has 2 rings (SSSR count). The van der Waals surface area contributed by atoms with Crippen LogP contribution in [0.3, 0.4) is 0 Å². The topological polar surface area (TPSA) is 78.7 Å². The first-order valence-corrected chi connectivity index (χ1v) is 7.64. The number of nitrogens with one attached hydrogen (secondary N) is 1. The summed E-state index contributed by atoms with van der Waals surface area (Å²) in [4.78, 5) is 2.40. The van der Waals surface area contributed by atoms with Crippen molar-refractivity contribution in [3.8, 4) is 0 Å². The SMILES string of the molecule is CN(C)S(=O)(=O)c1ccc(N2CCNCC2)c(N)c1. The average Bonchev–Trinajstić information content (AvgIpc) is 2.39. The molecule has 1 aliphatic heterocycles. The summed E-state index contributed by atoms with van der Waals surface area (Å²) in [5.41, 5.74) is 7.41.